The van der Waals surface area contributed by atoms with E-state index in [1.54, 1.807) is 0 Å². The molecule has 1 N–H and O–H groups in total. The van der Waals surface area contributed by atoms with Crippen molar-refractivity contribution in [2.24, 2.45) is 5.92 Å². The van der Waals surface area contributed by atoms with E-state index >= 15 is 0 Å². The summed E-state index contributed by atoms with van der Waals surface area (Å²) < 4.78 is 5.63. The fraction of sp³-hybridized carbons (Fsp3) is 1.00. The van der Waals surface area contributed by atoms with Crippen LogP contribution in [0.2, 0.25) is 0 Å². The van der Waals surface area contributed by atoms with Crippen LogP contribution in [-0.2, 0) is 4.74 Å². The van der Waals surface area contributed by atoms with Crippen molar-refractivity contribution >= 4 is 0 Å². The zero-order valence-electron chi connectivity index (χ0n) is 9.54. The molecule has 1 saturated heterocycles. The molecule has 1 rings (SSSR count). The molecule has 0 aromatic carbocycles. The van der Waals surface area contributed by atoms with E-state index in [0.717, 1.165) is 25.4 Å². The highest BCUT2D eigenvalue weighted by atomic mass is 16.5. The van der Waals surface area contributed by atoms with E-state index in [1.165, 1.54) is 25.7 Å². The van der Waals surface area contributed by atoms with Crippen molar-refractivity contribution < 1.29 is 9.84 Å². The van der Waals surface area contributed by atoms with Crippen molar-refractivity contribution in [2.45, 2.75) is 64.6 Å². The third-order valence-electron chi connectivity index (χ3n) is 3.19. The first-order valence-corrected chi connectivity index (χ1v) is 6.02. The van der Waals surface area contributed by atoms with Gasteiger partial charge in [-0.05, 0) is 44.9 Å². The summed E-state index contributed by atoms with van der Waals surface area (Å²) in [5, 5.41) is 9.23. The van der Waals surface area contributed by atoms with Crippen LogP contribution in [0, 0.1) is 5.92 Å². The van der Waals surface area contributed by atoms with E-state index in [-0.39, 0.29) is 6.10 Å². The van der Waals surface area contributed by atoms with Gasteiger partial charge < -0.3 is 9.84 Å². The Bertz CT molecular complexity index is 139. The Hall–Kier alpha value is -0.0800. The van der Waals surface area contributed by atoms with Gasteiger partial charge in [-0.2, -0.15) is 0 Å². The second-order valence-electron chi connectivity index (χ2n) is 4.57. The summed E-state index contributed by atoms with van der Waals surface area (Å²) in [6, 6.07) is 0. The molecule has 0 amide bonds. The standard InChI is InChI=1S/C12H24O2/c1-3-11(7-6-10(2)13)9-12-5-4-8-14-12/h10-13H,3-9H2,1-2H3/t10-,11-,12-/m0/s1. The van der Waals surface area contributed by atoms with Gasteiger partial charge in [0.2, 0.25) is 0 Å². The van der Waals surface area contributed by atoms with Crippen LogP contribution in [0.4, 0.5) is 0 Å². The SMILES string of the molecule is CC[C@@H](CC[C@H](C)O)C[C@@H]1CCCO1. The lowest BCUT2D eigenvalue weighted by Gasteiger charge is -2.19. The smallest absolute Gasteiger partial charge is 0.0578 e. The first kappa shape index (κ1) is 12.0. The Balaban J connectivity index is 2.16. The monoisotopic (exact) mass is 200 g/mol. The summed E-state index contributed by atoms with van der Waals surface area (Å²) in [7, 11) is 0. The van der Waals surface area contributed by atoms with Gasteiger partial charge in [-0.15, -0.1) is 0 Å². The summed E-state index contributed by atoms with van der Waals surface area (Å²) in [6.07, 6.45) is 7.33. The highest BCUT2D eigenvalue weighted by Gasteiger charge is 2.19. The van der Waals surface area contributed by atoms with Gasteiger partial charge in [-0.3, -0.25) is 0 Å². The normalized spacial score (nSPS) is 26.4. The average Bonchev–Trinajstić information content (AvgIpc) is 2.64. The van der Waals surface area contributed by atoms with Crippen LogP contribution in [0.3, 0.4) is 0 Å². The molecule has 2 heteroatoms. The summed E-state index contributed by atoms with van der Waals surface area (Å²) in [6.45, 7) is 5.07. The lowest BCUT2D eigenvalue weighted by Crippen LogP contribution is -2.14. The van der Waals surface area contributed by atoms with Crippen molar-refractivity contribution in [3.63, 3.8) is 0 Å². The number of hydrogen-bond donors (Lipinski definition) is 1. The molecule has 0 unspecified atom stereocenters. The number of rotatable bonds is 6. The van der Waals surface area contributed by atoms with Crippen molar-refractivity contribution in [3.8, 4) is 0 Å². The van der Waals surface area contributed by atoms with Crippen molar-refractivity contribution in [3.05, 3.63) is 0 Å². The molecule has 1 aliphatic rings. The van der Waals surface area contributed by atoms with Crippen LogP contribution in [0.25, 0.3) is 0 Å². The fourth-order valence-corrected chi connectivity index (χ4v) is 2.17. The topological polar surface area (TPSA) is 29.5 Å². The molecule has 1 aliphatic heterocycles. The van der Waals surface area contributed by atoms with E-state index in [2.05, 4.69) is 6.92 Å². The molecule has 0 aromatic heterocycles. The molecule has 0 radical (unpaired) electrons. The molecular weight excluding hydrogens is 176 g/mol. The molecule has 1 heterocycles. The van der Waals surface area contributed by atoms with Crippen molar-refractivity contribution in [1.29, 1.82) is 0 Å². The van der Waals surface area contributed by atoms with Gasteiger partial charge in [-0.1, -0.05) is 13.3 Å². The number of ether oxygens (including phenoxy) is 1. The molecule has 0 aromatic rings. The van der Waals surface area contributed by atoms with E-state index < -0.39 is 0 Å². The highest BCUT2D eigenvalue weighted by Crippen LogP contribution is 2.25. The minimum atomic E-state index is -0.145. The maximum Gasteiger partial charge on any atom is 0.0578 e. The Kier molecular flexibility index (Phi) is 5.49. The largest absolute Gasteiger partial charge is 0.393 e. The van der Waals surface area contributed by atoms with E-state index in [4.69, 9.17) is 4.74 Å². The Morgan fingerprint density at radius 1 is 1.43 bits per heavy atom. The van der Waals surface area contributed by atoms with Crippen LogP contribution >= 0.6 is 0 Å². The molecule has 14 heavy (non-hydrogen) atoms. The molecule has 3 atom stereocenters. The summed E-state index contributed by atoms with van der Waals surface area (Å²) in [5.74, 6) is 0.743. The average molecular weight is 200 g/mol. The summed E-state index contributed by atoms with van der Waals surface area (Å²) in [5.41, 5.74) is 0. The first-order valence-electron chi connectivity index (χ1n) is 6.02. The number of aliphatic hydroxyl groups excluding tert-OH is 1. The van der Waals surface area contributed by atoms with E-state index in [1.807, 2.05) is 6.92 Å². The highest BCUT2D eigenvalue weighted by molar-refractivity contribution is 4.70. The van der Waals surface area contributed by atoms with Gasteiger partial charge in [-0.25, -0.2) is 0 Å². The molecule has 0 spiro atoms. The molecule has 0 aliphatic carbocycles. The Morgan fingerprint density at radius 2 is 2.21 bits per heavy atom. The van der Waals surface area contributed by atoms with E-state index in [9.17, 15) is 5.11 Å². The van der Waals surface area contributed by atoms with Crippen LogP contribution in [0.5, 0.6) is 0 Å². The molecule has 84 valence electrons. The van der Waals surface area contributed by atoms with Gasteiger partial charge in [0.1, 0.15) is 0 Å². The molecule has 2 nitrogen and oxygen atoms in total. The quantitative estimate of drug-likeness (QED) is 0.714. The zero-order valence-corrected chi connectivity index (χ0v) is 9.54. The summed E-state index contributed by atoms with van der Waals surface area (Å²) in [4.78, 5) is 0. The molecular formula is C12H24O2. The molecule has 0 saturated carbocycles. The van der Waals surface area contributed by atoms with Gasteiger partial charge >= 0.3 is 0 Å². The molecule has 0 bridgehead atoms. The first-order chi connectivity index (χ1) is 6.72. The Morgan fingerprint density at radius 3 is 2.71 bits per heavy atom. The maximum atomic E-state index is 9.23. The van der Waals surface area contributed by atoms with Gasteiger partial charge in [0.15, 0.2) is 0 Å². The number of hydrogen-bond acceptors (Lipinski definition) is 2. The fourth-order valence-electron chi connectivity index (χ4n) is 2.17. The van der Waals surface area contributed by atoms with Crippen LogP contribution in [0.1, 0.15) is 52.4 Å². The minimum absolute atomic E-state index is 0.145. The second kappa shape index (κ2) is 6.41. The zero-order chi connectivity index (χ0) is 10.4. The third kappa shape index (κ3) is 4.43. The lowest BCUT2D eigenvalue weighted by atomic mass is 9.92. The number of aliphatic hydroxyl groups is 1. The minimum Gasteiger partial charge on any atom is -0.393 e. The van der Waals surface area contributed by atoms with Crippen molar-refractivity contribution in [2.75, 3.05) is 6.61 Å². The van der Waals surface area contributed by atoms with Gasteiger partial charge in [0, 0.05) is 6.61 Å². The Labute approximate surface area is 87.7 Å². The van der Waals surface area contributed by atoms with Crippen LogP contribution < -0.4 is 0 Å². The predicted octanol–water partition coefficient (Wildman–Crippen LogP) is 2.74. The lowest BCUT2D eigenvalue weighted by molar-refractivity contribution is 0.0835. The van der Waals surface area contributed by atoms with E-state index in [0.29, 0.717) is 6.10 Å². The second-order valence-corrected chi connectivity index (χ2v) is 4.57. The van der Waals surface area contributed by atoms with Gasteiger partial charge in [0.25, 0.3) is 0 Å². The third-order valence-corrected chi connectivity index (χ3v) is 3.19. The van der Waals surface area contributed by atoms with Crippen molar-refractivity contribution in [1.82, 2.24) is 0 Å². The predicted molar refractivity (Wildman–Crippen MR) is 58.3 cm³/mol. The van der Waals surface area contributed by atoms with Gasteiger partial charge in [0.05, 0.1) is 12.2 Å². The summed E-state index contributed by atoms with van der Waals surface area (Å²) >= 11 is 0. The molecule has 1 fully saturated rings. The maximum absolute atomic E-state index is 9.23. The van der Waals surface area contributed by atoms with Crippen LogP contribution in [0.15, 0.2) is 0 Å². The van der Waals surface area contributed by atoms with Crippen LogP contribution in [-0.4, -0.2) is 23.9 Å².